The number of benzene rings is 1. The van der Waals surface area contributed by atoms with Gasteiger partial charge in [0.2, 0.25) is 0 Å². The molecule has 1 saturated heterocycles. The Kier molecular flexibility index (Phi) is 6.40. The number of piperazine rings is 1. The van der Waals surface area contributed by atoms with Crippen molar-refractivity contribution in [3.63, 3.8) is 0 Å². The monoisotopic (exact) mass is 468 g/mol. The molecule has 1 fully saturated rings. The number of likely N-dealkylation sites (N-methyl/N-ethyl adjacent to an activating group) is 1. The Morgan fingerprint density at radius 1 is 0.914 bits per heavy atom. The molecule has 6 nitrogen and oxygen atoms in total. The summed E-state index contributed by atoms with van der Waals surface area (Å²) in [4.78, 5) is 16.9. The van der Waals surface area contributed by atoms with Crippen molar-refractivity contribution >= 4 is 11.5 Å². The maximum absolute atomic E-state index is 4.78. The van der Waals surface area contributed by atoms with E-state index in [4.69, 9.17) is 4.98 Å². The number of nitrogens with zero attached hydrogens (tertiary/aromatic N) is 5. The molecule has 3 aliphatic rings. The van der Waals surface area contributed by atoms with E-state index < -0.39 is 0 Å². The Hall–Kier alpha value is -2.96. The molecule has 1 unspecified atom stereocenters. The van der Waals surface area contributed by atoms with Gasteiger partial charge in [-0.05, 0) is 73.7 Å². The number of hydrogen-bond acceptors (Lipinski definition) is 6. The first-order valence-corrected chi connectivity index (χ1v) is 13.2. The fourth-order valence-electron chi connectivity index (χ4n) is 6.23. The van der Waals surface area contributed by atoms with Gasteiger partial charge in [0.15, 0.2) is 0 Å². The molecule has 4 heterocycles. The average Bonchev–Trinajstić information content (AvgIpc) is 2.93. The molecule has 1 N–H and O–H groups in total. The van der Waals surface area contributed by atoms with Crippen LogP contribution >= 0.6 is 0 Å². The largest absolute Gasteiger partial charge is 0.368 e. The minimum Gasteiger partial charge on any atom is -0.368 e. The molecule has 0 amide bonds. The van der Waals surface area contributed by atoms with Gasteiger partial charge in [-0.2, -0.15) is 0 Å². The SMILES string of the molecule is CN(C[C@H]1Cc2c(cccc2N2CCN(c3ccccn3)CC2)CN1)C1CCCc2cccnc21. The van der Waals surface area contributed by atoms with Crippen LogP contribution in [-0.4, -0.2) is 60.7 Å². The van der Waals surface area contributed by atoms with E-state index in [2.05, 4.69) is 74.5 Å². The second-order valence-corrected chi connectivity index (χ2v) is 10.3. The predicted molar refractivity (Wildman–Crippen MR) is 142 cm³/mol. The highest BCUT2D eigenvalue weighted by Gasteiger charge is 2.29. The number of anilines is 2. The van der Waals surface area contributed by atoms with Crippen LogP contribution in [0.5, 0.6) is 0 Å². The Labute approximate surface area is 209 Å². The zero-order valence-electron chi connectivity index (χ0n) is 20.7. The zero-order valence-corrected chi connectivity index (χ0v) is 20.7. The van der Waals surface area contributed by atoms with Gasteiger partial charge in [0.1, 0.15) is 5.82 Å². The summed E-state index contributed by atoms with van der Waals surface area (Å²) in [7, 11) is 2.29. The van der Waals surface area contributed by atoms with Crippen LogP contribution in [0.3, 0.4) is 0 Å². The van der Waals surface area contributed by atoms with Gasteiger partial charge in [0.05, 0.1) is 11.7 Å². The number of hydrogen-bond donors (Lipinski definition) is 1. The third-order valence-corrected chi connectivity index (χ3v) is 8.08. The highest BCUT2D eigenvalue weighted by Crippen LogP contribution is 2.34. The number of fused-ring (bicyclic) bond motifs is 2. The second kappa shape index (κ2) is 9.96. The van der Waals surface area contributed by atoms with Gasteiger partial charge in [-0.3, -0.25) is 9.88 Å². The first-order valence-electron chi connectivity index (χ1n) is 13.2. The van der Waals surface area contributed by atoms with E-state index in [9.17, 15) is 0 Å². The Balaban J connectivity index is 1.14. The highest BCUT2D eigenvalue weighted by atomic mass is 15.3. The number of nitrogens with one attached hydrogen (secondary N) is 1. The molecule has 6 heteroatoms. The number of aryl methyl sites for hydroxylation is 1. The standard InChI is InChI=1S/C29H36N6/c1-33(27-11-4-7-22-9-6-14-31-29(22)27)21-24-19-25-23(20-32-24)8-5-10-26(25)34-15-17-35(18-16-34)28-12-2-3-13-30-28/h2-3,5-6,8-10,12-14,24,27,32H,4,7,11,15-21H2,1H3/t24-,27?/m1/s1. The van der Waals surface area contributed by atoms with Crippen LogP contribution in [-0.2, 0) is 19.4 Å². The van der Waals surface area contributed by atoms with Gasteiger partial charge in [-0.1, -0.05) is 24.3 Å². The fraction of sp³-hybridized carbons (Fsp3) is 0.448. The molecule has 6 rings (SSSR count). The lowest BCUT2D eigenvalue weighted by atomic mass is 9.89. The molecule has 0 spiro atoms. The topological polar surface area (TPSA) is 47.5 Å². The predicted octanol–water partition coefficient (Wildman–Crippen LogP) is 3.83. The summed E-state index contributed by atoms with van der Waals surface area (Å²) in [6, 6.07) is 18.3. The Morgan fingerprint density at radius 2 is 1.74 bits per heavy atom. The third kappa shape index (κ3) is 4.65. The second-order valence-electron chi connectivity index (χ2n) is 10.3. The summed E-state index contributed by atoms with van der Waals surface area (Å²) in [5, 5.41) is 3.83. The van der Waals surface area contributed by atoms with Crippen molar-refractivity contribution in [1.82, 2.24) is 20.2 Å². The van der Waals surface area contributed by atoms with Crippen molar-refractivity contribution < 1.29 is 0 Å². The van der Waals surface area contributed by atoms with Gasteiger partial charge in [0.25, 0.3) is 0 Å². The molecular formula is C29H36N6. The molecule has 182 valence electrons. The van der Waals surface area contributed by atoms with E-state index in [1.807, 2.05) is 18.5 Å². The molecule has 2 aliphatic heterocycles. The van der Waals surface area contributed by atoms with Crippen molar-refractivity contribution in [2.45, 2.75) is 44.3 Å². The quantitative estimate of drug-likeness (QED) is 0.614. The Morgan fingerprint density at radius 3 is 2.60 bits per heavy atom. The maximum atomic E-state index is 4.78. The molecule has 35 heavy (non-hydrogen) atoms. The van der Waals surface area contributed by atoms with E-state index in [1.165, 1.54) is 47.3 Å². The van der Waals surface area contributed by atoms with E-state index in [1.54, 1.807) is 0 Å². The van der Waals surface area contributed by atoms with Crippen molar-refractivity contribution in [2.75, 3.05) is 49.6 Å². The fourth-order valence-corrected chi connectivity index (χ4v) is 6.23. The van der Waals surface area contributed by atoms with Gasteiger partial charge >= 0.3 is 0 Å². The molecule has 2 aromatic heterocycles. The number of pyridine rings is 2. The minimum absolute atomic E-state index is 0.429. The van der Waals surface area contributed by atoms with Crippen molar-refractivity contribution in [3.05, 3.63) is 83.3 Å². The lowest BCUT2D eigenvalue weighted by molar-refractivity contribution is 0.191. The summed E-state index contributed by atoms with van der Waals surface area (Å²) in [6.45, 7) is 6.10. The van der Waals surface area contributed by atoms with Gasteiger partial charge in [0, 0.05) is 63.4 Å². The first kappa shape index (κ1) is 22.5. The summed E-state index contributed by atoms with van der Waals surface area (Å²) >= 11 is 0. The molecule has 0 bridgehead atoms. The van der Waals surface area contributed by atoms with Crippen LogP contribution in [0.4, 0.5) is 11.5 Å². The van der Waals surface area contributed by atoms with Gasteiger partial charge in [-0.25, -0.2) is 4.98 Å². The summed E-state index contributed by atoms with van der Waals surface area (Å²) in [5.41, 5.74) is 7.16. The molecule has 0 saturated carbocycles. The average molecular weight is 469 g/mol. The molecule has 2 atom stereocenters. The normalized spacial score (nSPS) is 22.1. The van der Waals surface area contributed by atoms with Crippen molar-refractivity contribution in [2.24, 2.45) is 0 Å². The van der Waals surface area contributed by atoms with Gasteiger partial charge in [-0.15, -0.1) is 0 Å². The summed E-state index contributed by atoms with van der Waals surface area (Å²) in [6.07, 6.45) is 8.55. The highest BCUT2D eigenvalue weighted by molar-refractivity contribution is 5.59. The van der Waals surface area contributed by atoms with E-state index >= 15 is 0 Å². The van der Waals surface area contributed by atoms with Crippen LogP contribution in [0.1, 0.15) is 41.3 Å². The first-order chi connectivity index (χ1) is 17.3. The summed E-state index contributed by atoms with van der Waals surface area (Å²) < 4.78 is 0. The molecule has 1 aromatic carbocycles. The number of aromatic nitrogens is 2. The maximum Gasteiger partial charge on any atom is 0.128 e. The molecular weight excluding hydrogens is 432 g/mol. The molecule has 1 aliphatic carbocycles. The smallest absolute Gasteiger partial charge is 0.128 e. The molecule has 0 radical (unpaired) electrons. The summed E-state index contributed by atoms with van der Waals surface area (Å²) in [5.74, 6) is 1.09. The van der Waals surface area contributed by atoms with Crippen LogP contribution in [0, 0.1) is 0 Å². The van der Waals surface area contributed by atoms with Crippen molar-refractivity contribution in [3.8, 4) is 0 Å². The Bertz CT molecular complexity index is 1140. The zero-order chi connectivity index (χ0) is 23.6. The van der Waals surface area contributed by atoms with Crippen molar-refractivity contribution in [1.29, 1.82) is 0 Å². The van der Waals surface area contributed by atoms with E-state index in [-0.39, 0.29) is 0 Å². The molecule has 3 aromatic rings. The number of rotatable bonds is 5. The van der Waals surface area contributed by atoms with E-state index in [0.29, 0.717) is 12.1 Å². The van der Waals surface area contributed by atoms with E-state index in [0.717, 1.165) is 51.5 Å². The van der Waals surface area contributed by atoms with Crippen LogP contribution in [0.25, 0.3) is 0 Å². The lowest BCUT2D eigenvalue weighted by Crippen LogP contribution is -2.48. The minimum atomic E-state index is 0.429. The van der Waals surface area contributed by atoms with Crippen LogP contribution in [0.15, 0.2) is 60.9 Å². The van der Waals surface area contributed by atoms with Gasteiger partial charge < -0.3 is 15.1 Å². The lowest BCUT2D eigenvalue weighted by Gasteiger charge is -2.40. The van der Waals surface area contributed by atoms with Crippen LogP contribution < -0.4 is 15.1 Å². The third-order valence-electron chi connectivity index (χ3n) is 8.08. The van der Waals surface area contributed by atoms with Crippen LogP contribution in [0.2, 0.25) is 0 Å².